The Morgan fingerprint density at radius 2 is 1.85 bits per heavy atom. The topological polar surface area (TPSA) is 65.3 Å². The maximum Gasteiger partial charge on any atom is 0.418 e. The number of hydrogen-bond donors (Lipinski definition) is 2. The van der Waals surface area contributed by atoms with Gasteiger partial charge in [0.2, 0.25) is 0 Å². The molecule has 0 bridgehead atoms. The summed E-state index contributed by atoms with van der Waals surface area (Å²) in [5.74, 6) is -2.21. The van der Waals surface area contributed by atoms with E-state index in [0.29, 0.717) is 6.07 Å². The highest BCUT2D eigenvalue weighted by molar-refractivity contribution is 5.56. The summed E-state index contributed by atoms with van der Waals surface area (Å²) in [5.41, 5.74) is -1.49. The molecule has 0 amide bonds. The molecule has 0 spiro atoms. The maximum absolute atomic E-state index is 13.0. The van der Waals surface area contributed by atoms with Crippen LogP contribution >= 0.6 is 0 Å². The van der Waals surface area contributed by atoms with Crippen LogP contribution in [0.15, 0.2) is 36.4 Å². The van der Waals surface area contributed by atoms with Gasteiger partial charge in [-0.2, -0.15) is 18.4 Å². The molecule has 0 saturated carbocycles. The summed E-state index contributed by atoms with van der Waals surface area (Å²) in [6.07, 6.45) is -5.90. The Kier molecular flexibility index (Phi) is 6.00. The lowest BCUT2D eigenvalue weighted by atomic mass is 10.1. The fourth-order valence-corrected chi connectivity index (χ4v) is 2.05. The molecule has 0 aromatic heterocycles. The Morgan fingerprint density at radius 1 is 1.12 bits per heavy atom. The number of ether oxygens (including phenoxy) is 1. The SMILES string of the molecule is N#Cc1ccc(NCC(O)COc2ccc(F)c(F)c2)c(C(F)(F)F)c1. The summed E-state index contributed by atoms with van der Waals surface area (Å²) in [4.78, 5) is 0. The molecule has 0 radical (unpaired) electrons. The summed E-state index contributed by atoms with van der Waals surface area (Å²) < 4.78 is 70.0. The van der Waals surface area contributed by atoms with E-state index in [1.165, 1.54) is 6.07 Å². The number of nitrogens with one attached hydrogen (secondary N) is 1. The molecule has 0 aliphatic heterocycles. The average molecular weight is 372 g/mol. The van der Waals surface area contributed by atoms with Crippen molar-refractivity contribution < 1.29 is 31.8 Å². The molecule has 0 fully saturated rings. The van der Waals surface area contributed by atoms with Gasteiger partial charge in [-0.25, -0.2) is 8.78 Å². The Balaban J connectivity index is 1.97. The van der Waals surface area contributed by atoms with E-state index < -0.39 is 29.5 Å². The molecule has 0 heterocycles. The van der Waals surface area contributed by atoms with E-state index in [-0.39, 0.29) is 30.2 Å². The van der Waals surface area contributed by atoms with Gasteiger partial charge in [-0.15, -0.1) is 0 Å². The number of aliphatic hydroxyl groups is 1. The zero-order valence-electron chi connectivity index (χ0n) is 13.1. The maximum atomic E-state index is 13.0. The predicted octanol–water partition coefficient (Wildman–Crippen LogP) is 3.71. The number of hydrogen-bond acceptors (Lipinski definition) is 4. The van der Waals surface area contributed by atoms with Gasteiger partial charge in [-0.1, -0.05) is 0 Å². The monoisotopic (exact) mass is 372 g/mol. The summed E-state index contributed by atoms with van der Waals surface area (Å²) in [6.45, 7) is -0.644. The molecule has 2 aromatic carbocycles. The van der Waals surface area contributed by atoms with Crippen LogP contribution in [0.4, 0.5) is 27.6 Å². The summed E-state index contributed by atoms with van der Waals surface area (Å²) in [7, 11) is 0. The van der Waals surface area contributed by atoms with Crippen LogP contribution in [-0.2, 0) is 6.18 Å². The minimum absolute atomic E-state index is 0.0303. The van der Waals surface area contributed by atoms with Crippen LogP contribution in [0, 0.1) is 23.0 Å². The van der Waals surface area contributed by atoms with E-state index in [4.69, 9.17) is 10.00 Å². The second kappa shape index (κ2) is 8.01. The first kappa shape index (κ1) is 19.5. The molecule has 0 saturated heterocycles. The van der Waals surface area contributed by atoms with Crippen molar-refractivity contribution in [2.24, 2.45) is 0 Å². The average Bonchev–Trinajstić information content (AvgIpc) is 2.60. The van der Waals surface area contributed by atoms with Gasteiger partial charge in [0, 0.05) is 18.3 Å². The lowest BCUT2D eigenvalue weighted by molar-refractivity contribution is -0.137. The van der Waals surface area contributed by atoms with Crippen LogP contribution in [0.5, 0.6) is 5.75 Å². The van der Waals surface area contributed by atoms with E-state index >= 15 is 0 Å². The Hall–Kier alpha value is -2.86. The molecule has 26 heavy (non-hydrogen) atoms. The predicted molar refractivity (Wildman–Crippen MR) is 82.5 cm³/mol. The van der Waals surface area contributed by atoms with Crippen molar-refractivity contribution in [3.63, 3.8) is 0 Å². The van der Waals surface area contributed by atoms with Crippen LogP contribution in [0.25, 0.3) is 0 Å². The highest BCUT2D eigenvalue weighted by Crippen LogP contribution is 2.35. The van der Waals surface area contributed by atoms with Gasteiger partial charge in [0.25, 0.3) is 0 Å². The van der Waals surface area contributed by atoms with Crippen molar-refractivity contribution in [2.45, 2.75) is 12.3 Å². The fraction of sp³-hybridized carbons (Fsp3) is 0.235. The number of halogens is 5. The molecule has 1 unspecified atom stereocenters. The first-order valence-corrected chi connectivity index (χ1v) is 7.32. The lowest BCUT2D eigenvalue weighted by Gasteiger charge is -2.17. The zero-order chi connectivity index (χ0) is 19.3. The highest BCUT2D eigenvalue weighted by Gasteiger charge is 2.34. The Labute approximate surface area is 145 Å². The quantitative estimate of drug-likeness (QED) is 0.759. The van der Waals surface area contributed by atoms with Gasteiger partial charge in [0.15, 0.2) is 11.6 Å². The third-order valence-electron chi connectivity index (χ3n) is 3.32. The van der Waals surface area contributed by atoms with Crippen LogP contribution in [0.1, 0.15) is 11.1 Å². The minimum atomic E-state index is -4.68. The molecule has 2 aromatic rings. The van der Waals surface area contributed by atoms with Crippen molar-refractivity contribution in [3.8, 4) is 11.8 Å². The number of anilines is 1. The van der Waals surface area contributed by atoms with Crippen molar-refractivity contribution in [2.75, 3.05) is 18.5 Å². The second-order valence-corrected chi connectivity index (χ2v) is 5.29. The normalized spacial score (nSPS) is 12.3. The van der Waals surface area contributed by atoms with E-state index in [0.717, 1.165) is 24.3 Å². The number of rotatable bonds is 6. The first-order valence-electron chi connectivity index (χ1n) is 7.32. The largest absolute Gasteiger partial charge is 0.491 e. The second-order valence-electron chi connectivity index (χ2n) is 5.29. The first-order chi connectivity index (χ1) is 12.2. The highest BCUT2D eigenvalue weighted by atomic mass is 19.4. The fourth-order valence-electron chi connectivity index (χ4n) is 2.05. The van der Waals surface area contributed by atoms with Crippen LogP contribution in [0.3, 0.4) is 0 Å². The van der Waals surface area contributed by atoms with Gasteiger partial charge in [0.1, 0.15) is 18.5 Å². The molecule has 0 aliphatic carbocycles. The molecule has 0 aliphatic rings. The molecule has 2 rings (SSSR count). The van der Waals surface area contributed by atoms with E-state index in [9.17, 15) is 27.1 Å². The third kappa shape index (κ3) is 5.07. The van der Waals surface area contributed by atoms with Gasteiger partial charge in [0.05, 0.1) is 17.2 Å². The van der Waals surface area contributed by atoms with Crippen LogP contribution in [-0.4, -0.2) is 24.4 Å². The smallest absolute Gasteiger partial charge is 0.418 e. The molecule has 9 heteroatoms. The van der Waals surface area contributed by atoms with E-state index in [2.05, 4.69) is 5.32 Å². The van der Waals surface area contributed by atoms with Gasteiger partial charge in [-0.3, -0.25) is 0 Å². The van der Waals surface area contributed by atoms with E-state index in [1.54, 1.807) is 6.07 Å². The van der Waals surface area contributed by atoms with Gasteiger partial charge >= 0.3 is 6.18 Å². The number of aliphatic hydroxyl groups excluding tert-OH is 1. The standard InChI is InChI=1S/C17H13F5N2O2/c18-14-3-2-12(6-15(14)19)26-9-11(25)8-24-16-4-1-10(7-23)5-13(16)17(20,21)22/h1-6,11,24-25H,8-9H2. The lowest BCUT2D eigenvalue weighted by Crippen LogP contribution is -2.27. The molecule has 2 N–H and O–H groups in total. The van der Waals surface area contributed by atoms with Crippen molar-refractivity contribution >= 4 is 5.69 Å². The van der Waals surface area contributed by atoms with Crippen molar-refractivity contribution in [1.82, 2.24) is 0 Å². The van der Waals surface area contributed by atoms with Crippen molar-refractivity contribution in [1.29, 1.82) is 5.26 Å². The number of benzene rings is 2. The molecular weight excluding hydrogens is 359 g/mol. The minimum Gasteiger partial charge on any atom is -0.491 e. The molecule has 138 valence electrons. The number of nitrogens with zero attached hydrogens (tertiary/aromatic N) is 1. The summed E-state index contributed by atoms with van der Waals surface area (Å²) in [5, 5.41) is 20.9. The van der Waals surface area contributed by atoms with Crippen LogP contribution < -0.4 is 10.1 Å². The van der Waals surface area contributed by atoms with E-state index in [1.807, 2.05) is 0 Å². The Bertz CT molecular complexity index is 818. The van der Waals surface area contributed by atoms with Gasteiger partial charge < -0.3 is 15.2 Å². The number of nitriles is 1. The van der Waals surface area contributed by atoms with Crippen LogP contribution in [0.2, 0.25) is 0 Å². The molecule has 4 nitrogen and oxygen atoms in total. The third-order valence-corrected chi connectivity index (χ3v) is 3.32. The zero-order valence-corrected chi connectivity index (χ0v) is 13.1. The molecular formula is C17H13F5N2O2. The molecule has 1 atom stereocenters. The number of alkyl halides is 3. The van der Waals surface area contributed by atoms with Crippen molar-refractivity contribution in [3.05, 3.63) is 59.2 Å². The Morgan fingerprint density at radius 3 is 2.46 bits per heavy atom. The van der Waals surface area contributed by atoms with Gasteiger partial charge in [-0.05, 0) is 30.3 Å². The summed E-state index contributed by atoms with van der Waals surface area (Å²) in [6, 6.07) is 7.41. The summed E-state index contributed by atoms with van der Waals surface area (Å²) >= 11 is 0.